The highest BCUT2D eigenvalue weighted by Crippen LogP contribution is 2.50. The van der Waals surface area contributed by atoms with Gasteiger partial charge in [0.05, 0.1) is 43.5 Å². The lowest BCUT2D eigenvalue weighted by atomic mass is 10.0. The van der Waals surface area contributed by atoms with Crippen molar-refractivity contribution in [1.29, 1.82) is 0 Å². The maximum absolute atomic E-state index is 14.7. The molecule has 0 unspecified atom stereocenters. The molecule has 0 aliphatic heterocycles. The third-order valence-corrected chi connectivity index (χ3v) is 25.4. The number of thiophene rings is 4. The van der Waals surface area contributed by atoms with E-state index in [1.807, 2.05) is 22.7 Å². The SMILES string of the molecule is CCCCCCCCCCCCCCc1cc(C)sc1-c1nc2sc(-c3sc(-c4cc5c(C(=O)OCCCCCCCCCCCC)c6sc(C)cc6c(C(=O)OCCCCCCCCCCCC)c5s4)cc3CCCCCCCCCCCCCC)nc2s1. The summed E-state index contributed by atoms with van der Waals surface area (Å²) in [4.78, 5) is 49.4. The van der Waals surface area contributed by atoms with Crippen molar-refractivity contribution < 1.29 is 19.1 Å². The highest BCUT2D eigenvalue weighted by atomic mass is 32.1. The molecule has 1 aromatic carbocycles. The summed E-state index contributed by atoms with van der Waals surface area (Å²) < 4.78 is 14.1. The number of nitrogens with zero attached hydrogens (tertiary/aromatic N) is 2. The van der Waals surface area contributed by atoms with E-state index in [4.69, 9.17) is 19.4 Å². The van der Waals surface area contributed by atoms with Gasteiger partial charge in [-0.2, -0.15) is 0 Å². The fourth-order valence-corrected chi connectivity index (χ4v) is 20.0. The first-order valence-electron chi connectivity index (χ1n) is 37.1. The van der Waals surface area contributed by atoms with Crippen molar-refractivity contribution in [3.63, 3.8) is 0 Å². The summed E-state index contributed by atoms with van der Waals surface area (Å²) in [5, 5.41) is 3.76. The van der Waals surface area contributed by atoms with Crippen LogP contribution in [0.15, 0.2) is 24.3 Å². The van der Waals surface area contributed by atoms with Crippen molar-refractivity contribution in [3.8, 4) is 29.5 Å². The Hall–Kier alpha value is -3.00. The van der Waals surface area contributed by atoms with Crippen molar-refractivity contribution in [2.24, 2.45) is 0 Å². The van der Waals surface area contributed by atoms with Gasteiger partial charge in [0.2, 0.25) is 0 Å². The maximum atomic E-state index is 14.7. The summed E-state index contributed by atoms with van der Waals surface area (Å²) in [7, 11) is 0. The number of aromatic nitrogens is 2. The summed E-state index contributed by atoms with van der Waals surface area (Å²) >= 11 is 10.4. The van der Waals surface area contributed by atoms with Gasteiger partial charge in [-0.3, -0.25) is 0 Å². The second-order valence-electron chi connectivity index (χ2n) is 26.4. The van der Waals surface area contributed by atoms with Crippen LogP contribution >= 0.6 is 68.0 Å². The van der Waals surface area contributed by atoms with E-state index in [1.165, 1.54) is 276 Å². The highest BCUT2D eigenvalue weighted by Gasteiger charge is 2.29. The molecule has 0 aliphatic carbocycles. The maximum Gasteiger partial charge on any atom is 0.340 e. The van der Waals surface area contributed by atoms with Crippen LogP contribution in [0.4, 0.5) is 0 Å². The summed E-state index contributed by atoms with van der Waals surface area (Å²) in [6, 6.07) is 9.11. The molecule has 0 radical (unpaired) electrons. The fourth-order valence-electron chi connectivity index (χ4n) is 13.1. The van der Waals surface area contributed by atoms with E-state index < -0.39 is 0 Å². The van der Waals surface area contributed by atoms with Crippen LogP contribution in [0.5, 0.6) is 0 Å². The van der Waals surface area contributed by atoms with Crippen LogP contribution in [0, 0.1) is 13.8 Å². The van der Waals surface area contributed by atoms with Crippen molar-refractivity contribution in [2.45, 2.75) is 337 Å². The van der Waals surface area contributed by atoms with Crippen molar-refractivity contribution in [1.82, 2.24) is 9.97 Å². The number of esters is 2. The molecule has 0 atom stereocenters. The molecule has 7 rings (SSSR count). The van der Waals surface area contributed by atoms with Crippen LogP contribution < -0.4 is 0 Å². The number of ether oxygens (including phenoxy) is 2. The molecule has 6 heterocycles. The van der Waals surface area contributed by atoms with Crippen LogP contribution in [0.1, 0.15) is 352 Å². The molecule has 0 amide bonds. The second-order valence-corrected chi connectivity index (χ2v) is 33.0. The van der Waals surface area contributed by atoms with Crippen LogP contribution in [-0.4, -0.2) is 35.1 Å². The number of carbonyl (C=O) groups excluding carboxylic acids is 2. The lowest BCUT2D eigenvalue weighted by Crippen LogP contribution is -2.11. The van der Waals surface area contributed by atoms with Gasteiger partial charge in [-0.15, -0.1) is 45.3 Å². The molecule has 500 valence electrons. The van der Waals surface area contributed by atoms with Crippen LogP contribution in [0.2, 0.25) is 0 Å². The van der Waals surface area contributed by atoms with Gasteiger partial charge < -0.3 is 9.47 Å². The second kappa shape index (κ2) is 43.9. The number of aryl methyl sites for hydroxylation is 4. The van der Waals surface area contributed by atoms with Gasteiger partial charge in [0.1, 0.15) is 10.0 Å². The average molecular weight is 1340 g/mol. The number of benzene rings is 1. The van der Waals surface area contributed by atoms with E-state index in [9.17, 15) is 9.59 Å². The average Bonchev–Trinajstić information content (AvgIpc) is 1.51. The molecule has 0 fully saturated rings. The van der Waals surface area contributed by atoms with Crippen molar-refractivity contribution in [3.05, 3.63) is 56.3 Å². The monoisotopic (exact) mass is 1340 g/mol. The molecule has 12 heteroatoms. The first kappa shape index (κ1) is 74.4. The third-order valence-electron chi connectivity index (χ3n) is 18.4. The Labute approximate surface area is 570 Å². The number of carbonyl (C=O) groups is 2. The minimum atomic E-state index is -0.291. The summed E-state index contributed by atoms with van der Waals surface area (Å²) in [5.41, 5.74) is 3.97. The summed E-state index contributed by atoms with van der Waals surface area (Å²) in [6.45, 7) is 14.3. The van der Waals surface area contributed by atoms with E-state index in [0.29, 0.717) is 24.3 Å². The number of thiazole rings is 2. The van der Waals surface area contributed by atoms with Crippen LogP contribution in [0.3, 0.4) is 0 Å². The Balaban J connectivity index is 1.11. The largest absolute Gasteiger partial charge is 0.462 e. The Morgan fingerprint density at radius 3 is 1.04 bits per heavy atom. The Bertz CT molecular complexity index is 2970. The number of rotatable bonds is 53. The van der Waals surface area contributed by atoms with E-state index in [-0.39, 0.29) is 11.9 Å². The normalized spacial score (nSPS) is 11.9. The standard InChI is InChI=1S/C78H118N2O4S6/c1-7-11-15-19-23-27-31-33-35-39-43-47-51-61-55-59(5)85-69(61)73-79-75-76(89-73)80-74(90-75)70-62(52-48-44-40-36-34-32-28-24-20-16-12-8-2)57-65(87-70)66-58-64-68(78(82)84-54-50-46-42-38-30-26-22-18-14-10-4)71-63(56-60(6)86-71)67(72(64)88-66)77(81)83-53-49-45-41-37-29-25-21-17-13-9-3/h55-58H,7-54H2,1-6H3. The van der Waals surface area contributed by atoms with Gasteiger partial charge in [-0.1, -0.05) is 307 Å². The third kappa shape index (κ3) is 25.0. The number of hydrogen-bond acceptors (Lipinski definition) is 12. The molecule has 0 aliphatic rings. The molecular formula is C78H118N2O4S6. The molecule has 0 saturated heterocycles. The van der Waals surface area contributed by atoms with E-state index in [0.717, 1.165) is 99.4 Å². The Morgan fingerprint density at radius 1 is 0.333 bits per heavy atom. The molecule has 0 spiro atoms. The van der Waals surface area contributed by atoms with E-state index in [2.05, 4.69) is 65.8 Å². The van der Waals surface area contributed by atoms with Crippen LogP contribution in [-0.2, 0) is 22.3 Å². The van der Waals surface area contributed by atoms with Crippen molar-refractivity contribution >= 4 is 110 Å². The molecule has 90 heavy (non-hydrogen) atoms. The first-order chi connectivity index (χ1) is 44.2. The van der Waals surface area contributed by atoms with E-state index in [1.54, 1.807) is 45.3 Å². The highest BCUT2D eigenvalue weighted by molar-refractivity contribution is 7.33. The first-order valence-corrected chi connectivity index (χ1v) is 42.0. The zero-order valence-corrected chi connectivity index (χ0v) is 62.1. The molecule has 0 bridgehead atoms. The minimum Gasteiger partial charge on any atom is -0.462 e. The molecule has 7 aromatic rings. The van der Waals surface area contributed by atoms with Gasteiger partial charge in [0, 0.05) is 30.3 Å². The van der Waals surface area contributed by atoms with Gasteiger partial charge in [0.15, 0.2) is 9.66 Å². The lowest BCUT2D eigenvalue weighted by Gasteiger charge is -2.11. The summed E-state index contributed by atoms with van der Waals surface area (Å²) in [5.74, 6) is -0.582. The van der Waals surface area contributed by atoms with Gasteiger partial charge >= 0.3 is 11.9 Å². The van der Waals surface area contributed by atoms with Crippen LogP contribution in [0.25, 0.3) is 59.4 Å². The molecule has 0 saturated carbocycles. The quantitative estimate of drug-likeness (QED) is 0.0279. The van der Waals surface area contributed by atoms with E-state index >= 15 is 0 Å². The molecule has 6 aromatic heterocycles. The van der Waals surface area contributed by atoms with Gasteiger partial charge in [0.25, 0.3) is 0 Å². The number of fused-ring (bicyclic) bond motifs is 3. The Morgan fingerprint density at radius 2 is 0.644 bits per heavy atom. The predicted octanol–water partition coefficient (Wildman–Crippen LogP) is 28.6. The lowest BCUT2D eigenvalue weighted by molar-refractivity contribution is 0.0490. The molecule has 0 N–H and O–H groups in total. The molecule has 6 nitrogen and oxygen atoms in total. The number of hydrogen-bond donors (Lipinski definition) is 0. The summed E-state index contributed by atoms with van der Waals surface area (Å²) in [6.07, 6.45) is 58.8. The fraction of sp³-hybridized carbons (Fsp3) is 0.692. The Kier molecular flexibility index (Phi) is 36.3. The zero-order chi connectivity index (χ0) is 63.4. The van der Waals surface area contributed by atoms with Gasteiger partial charge in [-0.25, -0.2) is 19.6 Å². The topological polar surface area (TPSA) is 78.4 Å². The molecular weight excluding hydrogens is 1220 g/mol. The predicted molar refractivity (Wildman–Crippen MR) is 401 cm³/mol. The minimum absolute atomic E-state index is 0.291. The smallest absolute Gasteiger partial charge is 0.340 e. The van der Waals surface area contributed by atoms with Gasteiger partial charge in [-0.05, 0) is 87.8 Å². The number of unbranched alkanes of at least 4 members (excludes halogenated alkanes) is 40. The van der Waals surface area contributed by atoms with Crippen molar-refractivity contribution in [2.75, 3.05) is 13.2 Å². The zero-order valence-electron chi connectivity index (χ0n) is 57.2.